The van der Waals surface area contributed by atoms with Crippen molar-refractivity contribution in [1.82, 2.24) is 9.55 Å². The van der Waals surface area contributed by atoms with Gasteiger partial charge in [-0.05, 0) is 24.5 Å². The lowest BCUT2D eigenvalue weighted by molar-refractivity contribution is -0.133. The summed E-state index contributed by atoms with van der Waals surface area (Å²) < 4.78 is 2.00. The van der Waals surface area contributed by atoms with Gasteiger partial charge in [0.2, 0.25) is 0 Å². The van der Waals surface area contributed by atoms with Gasteiger partial charge in [-0.15, -0.1) is 0 Å². The normalized spacial score (nSPS) is 10.6. The first kappa shape index (κ1) is 13.7. The molecule has 1 aromatic carbocycles. The molecule has 1 aromatic heterocycles. The maximum absolute atomic E-state index is 10.6. The molecule has 2 aromatic rings. The minimum Gasteiger partial charge on any atom is -0.481 e. The average Bonchev–Trinajstić information content (AvgIpc) is 2.83. The number of aryl methyl sites for hydroxylation is 3. The third kappa shape index (κ3) is 3.86. The summed E-state index contributed by atoms with van der Waals surface area (Å²) in [6.07, 6.45) is 4.52. The molecule has 0 bridgehead atoms. The zero-order valence-electron chi connectivity index (χ0n) is 10.7. The van der Waals surface area contributed by atoms with E-state index in [4.69, 9.17) is 5.11 Å². The van der Waals surface area contributed by atoms with Gasteiger partial charge < -0.3 is 9.67 Å². The van der Waals surface area contributed by atoms with Crippen LogP contribution in [0.25, 0.3) is 0 Å². The Hall–Kier alpha value is -1.75. The van der Waals surface area contributed by atoms with E-state index in [1.807, 2.05) is 22.9 Å². The van der Waals surface area contributed by atoms with Crippen molar-refractivity contribution in [2.75, 3.05) is 5.75 Å². The Labute approximate surface area is 116 Å². The van der Waals surface area contributed by atoms with Crippen LogP contribution in [-0.2, 0) is 17.8 Å². The smallest absolute Gasteiger partial charge is 0.313 e. The van der Waals surface area contributed by atoms with Gasteiger partial charge in [0.1, 0.15) is 0 Å². The molecule has 0 saturated carbocycles. The number of aromatic nitrogens is 2. The van der Waals surface area contributed by atoms with Crippen molar-refractivity contribution >= 4 is 17.7 Å². The number of aliphatic carboxylic acids is 1. The van der Waals surface area contributed by atoms with E-state index < -0.39 is 5.97 Å². The molecule has 5 heteroatoms. The van der Waals surface area contributed by atoms with Crippen molar-refractivity contribution in [3.63, 3.8) is 0 Å². The topological polar surface area (TPSA) is 55.1 Å². The van der Waals surface area contributed by atoms with E-state index in [-0.39, 0.29) is 5.75 Å². The first-order chi connectivity index (χ1) is 9.16. The third-order valence-electron chi connectivity index (χ3n) is 2.89. The maximum Gasteiger partial charge on any atom is 0.313 e. The van der Waals surface area contributed by atoms with E-state index in [1.165, 1.54) is 22.9 Å². The molecule has 2 rings (SSSR count). The van der Waals surface area contributed by atoms with Gasteiger partial charge in [-0.1, -0.05) is 36.0 Å². The van der Waals surface area contributed by atoms with E-state index in [0.717, 1.165) is 18.1 Å². The van der Waals surface area contributed by atoms with Gasteiger partial charge in [-0.2, -0.15) is 0 Å². The predicted molar refractivity (Wildman–Crippen MR) is 75.5 cm³/mol. The van der Waals surface area contributed by atoms with Crippen molar-refractivity contribution in [3.8, 4) is 0 Å². The Morgan fingerprint density at radius 1 is 1.42 bits per heavy atom. The lowest BCUT2D eigenvalue weighted by atomic mass is 10.1. The van der Waals surface area contributed by atoms with Crippen LogP contribution in [0.2, 0.25) is 0 Å². The van der Waals surface area contributed by atoms with Gasteiger partial charge in [0, 0.05) is 18.9 Å². The molecule has 1 heterocycles. The molecule has 0 aliphatic rings. The van der Waals surface area contributed by atoms with Crippen LogP contribution in [0.15, 0.2) is 41.8 Å². The summed E-state index contributed by atoms with van der Waals surface area (Å²) in [5.74, 6) is -0.778. The molecule has 0 spiro atoms. The SMILES string of the molecule is Cc1ccccc1CCn1ccnc1SCC(=O)O. The van der Waals surface area contributed by atoms with Crippen LogP contribution in [0.5, 0.6) is 0 Å². The van der Waals surface area contributed by atoms with Gasteiger partial charge in [0.05, 0.1) is 5.75 Å². The number of hydrogen-bond acceptors (Lipinski definition) is 3. The minimum absolute atomic E-state index is 0.0430. The number of thioether (sulfide) groups is 1. The summed E-state index contributed by atoms with van der Waals surface area (Å²) in [6.45, 7) is 2.91. The highest BCUT2D eigenvalue weighted by Gasteiger charge is 2.07. The number of carbonyl (C=O) groups is 1. The highest BCUT2D eigenvalue weighted by molar-refractivity contribution is 7.99. The third-order valence-corrected chi connectivity index (χ3v) is 3.87. The molecule has 0 amide bonds. The quantitative estimate of drug-likeness (QED) is 0.824. The Morgan fingerprint density at radius 3 is 2.95 bits per heavy atom. The second-order valence-electron chi connectivity index (χ2n) is 4.26. The minimum atomic E-state index is -0.821. The van der Waals surface area contributed by atoms with E-state index in [2.05, 4.69) is 24.0 Å². The largest absolute Gasteiger partial charge is 0.481 e. The molecular weight excluding hydrogens is 260 g/mol. The summed E-state index contributed by atoms with van der Waals surface area (Å²) in [5.41, 5.74) is 2.59. The fourth-order valence-electron chi connectivity index (χ4n) is 1.86. The highest BCUT2D eigenvalue weighted by Crippen LogP contribution is 2.16. The van der Waals surface area contributed by atoms with Gasteiger partial charge in [-0.25, -0.2) is 4.98 Å². The van der Waals surface area contributed by atoms with Crippen LogP contribution in [0.4, 0.5) is 0 Å². The molecule has 0 radical (unpaired) electrons. The van der Waals surface area contributed by atoms with Crippen LogP contribution >= 0.6 is 11.8 Å². The van der Waals surface area contributed by atoms with Crippen molar-refractivity contribution in [2.24, 2.45) is 0 Å². The maximum atomic E-state index is 10.6. The van der Waals surface area contributed by atoms with Crippen LogP contribution in [-0.4, -0.2) is 26.4 Å². The van der Waals surface area contributed by atoms with Gasteiger partial charge in [-0.3, -0.25) is 4.79 Å². The second kappa shape index (κ2) is 6.43. The molecule has 0 unspecified atom stereocenters. The van der Waals surface area contributed by atoms with Crippen LogP contribution in [0.1, 0.15) is 11.1 Å². The van der Waals surface area contributed by atoms with Crippen molar-refractivity contribution in [2.45, 2.75) is 25.0 Å². The van der Waals surface area contributed by atoms with Crippen molar-refractivity contribution in [3.05, 3.63) is 47.8 Å². The second-order valence-corrected chi connectivity index (χ2v) is 5.20. The molecule has 0 aliphatic heterocycles. The Bertz CT molecular complexity index is 566. The fourth-order valence-corrected chi connectivity index (χ4v) is 2.57. The summed E-state index contributed by atoms with van der Waals surface area (Å²) in [6, 6.07) is 8.29. The Morgan fingerprint density at radius 2 is 2.21 bits per heavy atom. The van der Waals surface area contributed by atoms with Gasteiger partial charge >= 0.3 is 5.97 Å². The molecule has 19 heavy (non-hydrogen) atoms. The van der Waals surface area contributed by atoms with Gasteiger partial charge in [0.15, 0.2) is 5.16 Å². The molecule has 0 saturated heterocycles. The molecule has 4 nitrogen and oxygen atoms in total. The van der Waals surface area contributed by atoms with Gasteiger partial charge in [0.25, 0.3) is 0 Å². The number of hydrogen-bond donors (Lipinski definition) is 1. The summed E-state index contributed by atoms with van der Waals surface area (Å²) >= 11 is 1.25. The Kier molecular flexibility index (Phi) is 4.63. The summed E-state index contributed by atoms with van der Waals surface area (Å²) in [4.78, 5) is 14.8. The number of benzene rings is 1. The first-order valence-corrected chi connectivity index (χ1v) is 7.05. The highest BCUT2D eigenvalue weighted by atomic mass is 32.2. The zero-order chi connectivity index (χ0) is 13.7. The first-order valence-electron chi connectivity index (χ1n) is 6.07. The van der Waals surface area contributed by atoms with Crippen molar-refractivity contribution < 1.29 is 9.90 Å². The molecule has 0 atom stereocenters. The Balaban J connectivity index is 1.98. The number of carboxylic acid groups (broad SMARTS) is 1. The molecule has 0 aliphatic carbocycles. The molecule has 0 fully saturated rings. The molecular formula is C14H16N2O2S. The monoisotopic (exact) mass is 276 g/mol. The number of nitrogens with zero attached hydrogens (tertiary/aromatic N) is 2. The lowest BCUT2D eigenvalue weighted by Crippen LogP contribution is -2.05. The van der Waals surface area contributed by atoms with E-state index in [9.17, 15) is 4.79 Å². The number of carboxylic acids is 1. The van der Waals surface area contributed by atoms with Crippen LogP contribution in [0.3, 0.4) is 0 Å². The van der Waals surface area contributed by atoms with E-state index in [1.54, 1.807) is 6.20 Å². The van der Waals surface area contributed by atoms with E-state index >= 15 is 0 Å². The van der Waals surface area contributed by atoms with Crippen LogP contribution in [0, 0.1) is 6.92 Å². The summed E-state index contributed by atoms with van der Waals surface area (Å²) in [7, 11) is 0. The standard InChI is InChI=1S/C14H16N2O2S/c1-11-4-2-3-5-12(11)6-8-16-9-7-15-14(16)19-10-13(17)18/h2-5,7,9H,6,8,10H2,1H3,(H,17,18). The molecule has 100 valence electrons. The van der Waals surface area contributed by atoms with E-state index in [0.29, 0.717) is 0 Å². The zero-order valence-corrected chi connectivity index (χ0v) is 11.6. The fraction of sp³-hybridized carbons (Fsp3) is 0.286. The molecule has 1 N–H and O–H groups in total. The van der Waals surface area contributed by atoms with Crippen LogP contribution < -0.4 is 0 Å². The number of rotatable bonds is 6. The summed E-state index contributed by atoms with van der Waals surface area (Å²) in [5, 5.41) is 9.45. The number of imidazole rings is 1. The average molecular weight is 276 g/mol. The predicted octanol–water partition coefficient (Wildman–Crippen LogP) is 2.61. The van der Waals surface area contributed by atoms with Crippen molar-refractivity contribution in [1.29, 1.82) is 0 Å². The lowest BCUT2D eigenvalue weighted by Gasteiger charge is -2.08.